The summed E-state index contributed by atoms with van der Waals surface area (Å²) < 4.78 is 11.5. The smallest absolute Gasteiger partial charge is 0.272 e. The van der Waals surface area contributed by atoms with Crippen LogP contribution in [0.25, 0.3) is 0 Å². The summed E-state index contributed by atoms with van der Waals surface area (Å²) >= 11 is 0. The second-order valence-corrected chi connectivity index (χ2v) is 7.57. The number of amides is 1. The first-order valence-corrected chi connectivity index (χ1v) is 9.82. The molecule has 2 fully saturated rings. The van der Waals surface area contributed by atoms with Gasteiger partial charge in [0.1, 0.15) is 5.69 Å². The largest absolute Gasteiger partial charge is 0.347 e. The predicted octanol–water partition coefficient (Wildman–Crippen LogP) is 3.32. The zero-order chi connectivity index (χ0) is 19.6. The highest BCUT2D eigenvalue weighted by Gasteiger charge is 2.41. The fraction of sp³-hybridized carbons (Fsp3) is 0.476. The molecule has 0 unspecified atom stereocenters. The molecule has 0 radical (unpaired) electrons. The number of rotatable bonds is 4. The minimum Gasteiger partial charge on any atom is -0.347 e. The maximum absolute atomic E-state index is 12.9. The minimum absolute atomic E-state index is 0.0894. The molecule has 7 nitrogen and oxygen atoms in total. The molecule has 1 N–H and O–H groups in total. The van der Waals surface area contributed by atoms with Gasteiger partial charge in [-0.25, -0.2) is 9.97 Å². The van der Waals surface area contributed by atoms with Crippen molar-refractivity contribution in [3.05, 3.63) is 47.8 Å². The van der Waals surface area contributed by atoms with Crippen molar-refractivity contribution < 1.29 is 14.3 Å². The van der Waals surface area contributed by atoms with E-state index in [9.17, 15) is 4.79 Å². The van der Waals surface area contributed by atoms with E-state index in [1.54, 1.807) is 17.2 Å². The molecule has 28 heavy (non-hydrogen) atoms. The molecule has 2 aliphatic heterocycles. The third-order valence-electron chi connectivity index (χ3n) is 5.33. The molecule has 0 atom stereocenters. The standard InChI is InChI=1S/C21H26N4O3/c1-15(2)16-3-5-17(6-4-16)23-20-22-10-7-18(24-20)19(26)25-11-8-21(9-12-25)27-13-14-28-21/h3-7,10,15H,8-9,11-14H2,1-2H3,(H,22,23,24). The van der Waals surface area contributed by atoms with Crippen molar-refractivity contribution in [3.8, 4) is 0 Å². The van der Waals surface area contributed by atoms with Gasteiger partial charge in [0.25, 0.3) is 5.91 Å². The summed E-state index contributed by atoms with van der Waals surface area (Å²) in [7, 11) is 0. The first-order chi connectivity index (χ1) is 13.5. The number of hydrogen-bond donors (Lipinski definition) is 1. The number of likely N-dealkylation sites (tertiary alicyclic amines) is 1. The van der Waals surface area contributed by atoms with Crippen LogP contribution in [0.15, 0.2) is 36.5 Å². The van der Waals surface area contributed by atoms with Gasteiger partial charge in [-0.3, -0.25) is 4.79 Å². The van der Waals surface area contributed by atoms with Crippen molar-refractivity contribution >= 4 is 17.5 Å². The Kier molecular flexibility index (Phi) is 5.28. The molecule has 2 aromatic rings. The zero-order valence-corrected chi connectivity index (χ0v) is 16.4. The third kappa shape index (κ3) is 4.00. The number of nitrogens with one attached hydrogen (secondary N) is 1. The summed E-state index contributed by atoms with van der Waals surface area (Å²) in [6.07, 6.45) is 2.99. The molecule has 1 aromatic carbocycles. The maximum atomic E-state index is 12.9. The van der Waals surface area contributed by atoms with Crippen LogP contribution in [0, 0.1) is 0 Å². The average molecular weight is 382 g/mol. The van der Waals surface area contributed by atoms with Gasteiger partial charge in [0, 0.05) is 37.8 Å². The molecule has 1 amide bonds. The lowest BCUT2D eigenvalue weighted by Gasteiger charge is -2.37. The van der Waals surface area contributed by atoms with Gasteiger partial charge in [0.2, 0.25) is 5.95 Å². The van der Waals surface area contributed by atoms with E-state index in [0.717, 1.165) is 5.69 Å². The molecule has 148 valence electrons. The summed E-state index contributed by atoms with van der Waals surface area (Å²) in [5, 5.41) is 3.17. The molecule has 2 saturated heterocycles. The van der Waals surface area contributed by atoms with E-state index in [1.807, 2.05) is 12.1 Å². The van der Waals surface area contributed by atoms with E-state index in [0.29, 0.717) is 56.7 Å². The van der Waals surface area contributed by atoms with Crippen LogP contribution in [0.3, 0.4) is 0 Å². The second-order valence-electron chi connectivity index (χ2n) is 7.57. The Labute approximate surface area is 165 Å². The SMILES string of the molecule is CC(C)c1ccc(Nc2nccc(C(=O)N3CCC4(CC3)OCCO4)n2)cc1. The lowest BCUT2D eigenvalue weighted by Crippen LogP contribution is -2.47. The van der Waals surface area contributed by atoms with Crippen LogP contribution in [-0.2, 0) is 9.47 Å². The van der Waals surface area contributed by atoms with Crippen molar-refractivity contribution in [2.75, 3.05) is 31.6 Å². The number of piperidine rings is 1. The number of benzene rings is 1. The summed E-state index contributed by atoms with van der Waals surface area (Å²) in [4.78, 5) is 23.3. The van der Waals surface area contributed by atoms with E-state index in [4.69, 9.17) is 9.47 Å². The van der Waals surface area contributed by atoms with Crippen LogP contribution in [0.2, 0.25) is 0 Å². The zero-order valence-electron chi connectivity index (χ0n) is 16.4. The molecule has 2 aliphatic rings. The molecular formula is C21H26N4O3. The van der Waals surface area contributed by atoms with Gasteiger partial charge in [-0.05, 0) is 29.7 Å². The first-order valence-electron chi connectivity index (χ1n) is 9.82. The molecule has 0 aliphatic carbocycles. The Morgan fingerprint density at radius 1 is 1.11 bits per heavy atom. The number of aromatic nitrogens is 2. The summed E-state index contributed by atoms with van der Waals surface area (Å²) in [5.41, 5.74) is 2.55. The monoisotopic (exact) mass is 382 g/mol. The summed E-state index contributed by atoms with van der Waals surface area (Å²) in [6, 6.07) is 9.82. The predicted molar refractivity (Wildman–Crippen MR) is 106 cm³/mol. The maximum Gasteiger partial charge on any atom is 0.272 e. The van der Waals surface area contributed by atoms with Crippen LogP contribution >= 0.6 is 0 Å². The average Bonchev–Trinajstić information content (AvgIpc) is 3.16. The quantitative estimate of drug-likeness (QED) is 0.874. The Morgan fingerprint density at radius 3 is 2.43 bits per heavy atom. The number of nitrogens with zero attached hydrogens (tertiary/aromatic N) is 3. The Hall–Kier alpha value is -2.51. The van der Waals surface area contributed by atoms with Crippen LogP contribution in [-0.4, -0.2) is 52.9 Å². The van der Waals surface area contributed by atoms with E-state index in [2.05, 4.69) is 41.3 Å². The Morgan fingerprint density at radius 2 is 1.79 bits per heavy atom. The minimum atomic E-state index is -0.489. The fourth-order valence-corrected chi connectivity index (χ4v) is 3.62. The number of anilines is 2. The Balaban J connectivity index is 1.41. The Bertz CT molecular complexity index is 822. The normalized spacial score (nSPS) is 18.6. The van der Waals surface area contributed by atoms with Gasteiger partial charge < -0.3 is 19.7 Å². The molecule has 7 heteroatoms. The van der Waals surface area contributed by atoms with Gasteiger partial charge in [-0.15, -0.1) is 0 Å². The summed E-state index contributed by atoms with van der Waals surface area (Å²) in [6.45, 7) is 6.78. The lowest BCUT2D eigenvalue weighted by atomic mass is 10.0. The molecule has 1 spiro atoms. The molecule has 1 aromatic heterocycles. The van der Waals surface area contributed by atoms with Crippen LogP contribution in [0.1, 0.15) is 48.7 Å². The van der Waals surface area contributed by atoms with Crippen molar-refractivity contribution in [2.45, 2.75) is 38.4 Å². The van der Waals surface area contributed by atoms with E-state index in [1.165, 1.54) is 5.56 Å². The van der Waals surface area contributed by atoms with E-state index < -0.39 is 5.79 Å². The van der Waals surface area contributed by atoms with Crippen molar-refractivity contribution in [3.63, 3.8) is 0 Å². The fourth-order valence-electron chi connectivity index (χ4n) is 3.62. The lowest BCUT2D eigenvalue weighted by molar-refractivity contribution is -0.181. The van der Waals surface area contributed by atoms with Gasteiger partial charge in [-0.2, -0.15) is 0 Å². The number of carbonyl (C=O) groups excluding carboxylic acids is 1. The number of carbonyl (C=O) groups is 1. The van der Waals surface area contributed by atoms with Crippen LogP contribution in [0.4, 0.5) is 11.6 Å². The third-order valence-corrected chi connectivity index (χ3v) is 5.33. The van der Waals surface area contributed by atoms with Crippen LogP contribution in [0.5, 0.6) is 0 Å². The topological polar surface area (TPSA) is 76.6 Å². The molecule has 3 heterocycles. The van der Waals surface area contributed by atoms with Crippen molar-refractivity contribution in [1.82, 2.24) is 14.9 Å². The van der Waals surface area contributed by atoms with Gasteiger partial charge in [0.15, 0.2) is 5.79 Å². The highest BCUT2D eigenvalue weighted by molar-refractivity contribution is 5.92. The van der Waals surface area contributed by atoms with E-state index in [-0.39, 0.29) is 5.91 Å². The molecule has 0 saturated carbocycles. The summed E-state index contributed by atoms with van der Waals surface area (Å²) in [5.74, 6) is 0.319. The van der Waals surface area contributed by atoms with Gasteiger partial charge >= 0.3 is 0 Å². The number of ether oxygens (including phenoxy) is 2. The highest BCUT2D eigenvalue weighted by Crippen LogP contribution is 2.31. The molecule has 0 bridgehead atoms. The van der Waals surface area contributed by atoms with Crippen molar-refractivity contribution in [1.29, 1.82) is 0 Å². The van der Waals surface area contributed by atoms with Crippen molar-refractivity contribution in [2.24, 2.45) is 0 Å². The first kappa shape index (κ1) is 18.8. The highest BCUT2D eigenvalue weighted by atomic mass is 16.7. The van der Waals surface area contributed by atoms with Gasteiger partial charge in [0.05, 0.1) is 13.2 Å². The molecule has 4 rings (SSSR count). The van der Waals surface area contributed by atoms with E-state index >= 15 is 0 Å². The number of hydrogen-bond acceptors (Lipinski definition) is 6. The van der Waals surface area contributed by atoms with Crippen LogP contribution < -0.4 is 5.32 Å². The second kappa shape index (κ2) is 7.85. The molecular weight excluding hydrogens is 356 g/mol. The van der Waals surface area contributed by atoms with Gasteiger partial charge in [-0.1, -0.05) is 26.0 Å².